The van der Waals surface area contributed by atoms with Crippen LogP contribution in [0.2, 0.25) is 0 Å². The van der Waals surface area contributed by atoms with E-state index < -0.39 is 0 Å². The number of nitrogens with two attached hydrogens (primary N) is 1. The molecule has 1 aromatic heterocycles. The van der Waals surface area contributed by atoms with Gasteiger partial charge in [-0.3, -0.25) is 4.79 Å². The number of benzene rings is 1. The van der Waals surface area contributed by atoms with E-state index >= 15 is 0 Å². The summed E-state index contributed by atoms with van der Waals surface area (Å²) in [6.45, 7) is 0.471. The number of hydrogen-bond donors (Lipinski definition) is 2. The zero-order valence-corrected chi connectivity index (χ0v) is 11.7. The molecule has 0 bridgehead atoms. The fourth-order valence-electron chi connectivity index (χ4n) is 2.11. The van der Waals surface area contributed by atoms with Crippen LogP contribution in [0.5, 0.6) is 5.75 Å². The number of para-hydroxylation sites is 1. The quantitative estimate of drug-likeness (QED) is 0.895. The molecule has 0 fully saturated rings. The predicted molar refractivity (Wildman–Crippen MR) is 78.2 cm³/mol. The minimum Gasteiger partial charge on any atom is -0.480 e. The van der Waals surface area contributed by atoms with E-state index in [1.165, 1.54) is 6.07 Å². The van der Waals surface area contributed by atoms with Gasteiger partial charge in [-0.1, -0.05) is 12.1 Å². The Balaban J connectivity index is 1.89. The van der Waals surface area contributed by atoms with E-state index in [1.807, 2.05) is 24.3 Å². The molecule has 0 radical (unpaired) electrons. The number of thioether (sulfide) groups is 1. The molecule has 1 unspecified atom stereocenters. The van der Waals surface area contributed by atoms with E-state index in [4.69, 9.17) is 10.5 Å². The monoisotopic (exact) mass is 289 g/mol. The Morgan fingerprint density at radius 3 is 3.15 bits per heavy atom. The Morgan fingerprint density at radius 2 is 2.30 bits per heavy atom. The lowest BCUT2D eigenvalue weighted by Crippen LogP contribution is -2.23. The number of rotatable bonds is 3. The molecule has 1 aliphatic heterocycles. The molecule has 20 heavy (non-hydrogen) atoms. The van der Waals surface area contributed by atoms with Crippen molar-refractivity contribution in [1.29, 1.82) is 0 Å². The zero-order chi connectivity index (χ0) is 13.9. The largest absolute Gasteiger partial charge is 0.480 e. The predicted octanol–water partition coefficient (Wildman–Crippen LogP) is 1.50. The molecule has 0 saturated carbocycles. The Kier molecular flexibility index (Phi) is 3.75. The maximum Gasteiger partial charge on any atom is 0.251 e. The molecule has 1 atom stereocenters. The molecule has 0 aliphatic carbocycles. The first-order valence-electron chi connectivity index (χ1n) is 6.45. The van der Waals surface area contributed by atoms with Gasteiger partial charge < -0.3 is 15.5 Å². The number of hydrogen-bond acceptors (Lipinski definition) is 5. The lowest BCUT2D eigenvalue weighted by molar-refractivity contribution is 0.209. The first-order valence-corrected chi connectivity index (χ1v) is 7.43. The average molecular weight is 289 g/mol. The molecular formula is C14H15N3O2S. The van der Waals surface area contributed by atoms with Crippen molar-refractivity contribution in [2.75, 3.05) is 12.3 Å². The van der Waals surface area contributed by atoms with Crippen LogP contribution in [0.3, 0.4) is 0 Å². The highest BCUT2D eigenvalue weighted by atomic mass is 32.2. The van der Waals surface area contributed by atoms with E-state index in [0.717, 1.165) is 16.4 Å². The van der Waals surface area contributed by atoms with Gasteiger partial charge >= 0.3 is 0 Å². The van der Waals surface area contributed by atoms with Crippen LogP contribution in [-0.4, -0.2) is 22.3 Å². The molecule has 1 aromatic carbocycles. The normalized spacial score (nSPS) is 17.4. The molecule has 2 heterocycles. The van der Waals surface area contributed by atoms with Crippen molar-refractivity contribution in [3.63, 3.8) is 0 Å². The Bertz CT molecular complexity index is 671. The molecule has 2 aromatic rings. The molecule has 0 spiro atoms. The second kappa shape index (κ2) is 5.68. The second-order valence-electron chi connectivity index (χ2n) is 4.52. The van der Waals surface area contributed by atoms with E-state index in [9.17, 15) is 4.79 Å². The second-order valence-corrected chi connectivity index (χ2v) is 5.59. The number of fused-ring (bicyclic) bond motifs is 1. The van der Waals surface area contributed by atoms with E-state index in [2.05, 4.69) is 9.97 Å². The minimum atomic E-state index is -0.236. The highest BCUT2D eigenvalue weighted by Gasteiger charge is 2.23. The van der Waals surface area contributed by atoms with Crippen LogP contribution in [0.15, 0.2) is 40.0 Å². The minimum absolute atomic E-state index is 0.161. The summed E-state index contributed by atoms with van der Waals surface area (Å²) in [6.07, 6.45) is 0.355. The summed E-state index contributed by atoms with van der Waals surface area (Å²) in [6, 6.07) is 9.36. The Morgan fingerprint density at radius 1 is 1.45 bits per heavy atom. The number of H-pyrrole nitrogens is 1. The van der Waals surface area contributed by atoms with Crippen molar-refractivity contribution in [3.05, 3.63) is 52.2 Å². The summed E-state index contributed by atoms with van der Waals surface area (Å²) in [5, 5.41) is 0. The van der Waals surface area contributed by atoms with Gasteiger partial charge in [-0.05, 0) is 18.7 Å². The Labute approximate surface area is 120 Å². The average Bonchev–Trinajstić information content (AvgIpc) is 2.46. The van der Waals surface area contributed by atoms with Gasteiger partial charge in [-0.2, -0.15) is 0 Å². The topological polar surface area (TPSA) is 81.0 Å². The molecule has 3 rings (SSSR count). The Hall–Kier alpha value is -1.79. The third-order valence-corrected chi connectivity index (χ3v) is 4.14. The van der Waals surface area contributed by atoms with Crippen molar-refractivity contribution >= 4 is 11.8 Å². The summed E-state index contributed by atoms with van der Waals surface area (Å²) in [7, 11) is 0. The van der Waals surface area contributed by atoms with Crippen LogP contribution in [0.1, 0.15) is 17.6 Å². The van der Waals surface area contributed by atoms with Gasteiger partial charge in [-0.25, -0.2) is 4.98 Å². The van der Waals surface area contributed by atoms with Gasteiger partial charge in [0.2, 0.25) is 0 Å². The number of nitrogens with one attached hydrogen (secondary N) is 1. The lowest BCUT2D eigenvalue weighted by Gasteiger charge is -2.24. The van der Waals surface area contributed by atoms with Gasteiger partial charge in [0.25, 0.3) is 5.56 Å². The summed E-state index contributed by atoms with van der Waals surface area (Å²) < 4.78 is 5.92. The molecule has 5 nitrogen and oxygen atoms in total. The van der Waals surface area contributed by atoms with Gasteiger partial charge in [-0.15, -0.1) is 11.8 Å². The molecule has 0 amide bonds. The summed E-state index contributed by atoms with van der Waals surface area (Å²) in [4.78, 5) is 20.0. The van der Waals surface area contributed by atoms with Gasteiger partial charge in [0.05, 0.1) is 0 Å². The van der Waals surface area contributed by atoms with Crippen molar-refractivity contribution in [1.82, 2.24) is 9.97 Å². The van der Waals surface area contributed by atoms with Crippen LogP contribution in [0.4, 0.5) is 0 Å². The van der Waals surface area contributed by atoms with E-state index in [1.54, 1.807) is 11.8 Å². The first kappa shape index (κ1) is 13.2. The number of nitrogens with zero attached hydrogens (tertiary/aromatic N) is 1. The molecule has 3 N–H and O–H groups in total. The van der Waals surface area contributed by atoms with Crippen molar-refractivity contribution in [3.8, 4) is 5.75 Å². The van der Waals surface area contributed by atoms with Crippen molar-refractivity contribution in [2.24, 2.45) is 5.73 Å². The summed E-state index contributed by atoms with van der Waals surface area (Å²) in [5.74, 6) is 2.13. The van der Waals surface area contributed by atoms with E-state index in [-0.39, 0.29) is 11.7 Å². The fourth-order valence-corrected chi connectivity index (χ4v) is 3.10. The van der Waals surface area contributed by atoms with Crippen molar-refractivity contribution < 1.29 is 4.74 Å². The van der Waals surface area contributed by atoms with Crippen LogP contribution in [-0.2, 0) is 6.42 Å². The first-order chi connectivity index (χ1) is 9.76. The lowest BCUT2D eigenvalue weighted by atomic mass is 10.2. The highest BCUT2D eigenvalue weighted by Crippen LogP contribution is 2.39. The number of aromatic nitrogens is 2. The number of ether oxygens (including phenoxy) is 1. The van der Waals surface area contributed by atoms with E-state index in [0.29, 0.717) is 24.5 Å². The highest BCUT2D eigenvalue weighted by molar-refractivity contribution is 7.99. The molecule has 1 aliphatic rings. The van der Waals surface area contributed by atoms with Crippen LogP contribution < -0.4 is 16.0 Å². The molecule has 0 saturated heterocycles. The molecular weight excluding hydrogens is 274 g/mol. The van der Waals surface area contributed by atoms with Crippen molar-refractivity contribution in [2.45, 2.75) is 17.4 Å². The van der Waals surface area contributed by atoms with Crippen LogP contribution in [0, 0.1) is 0 Å². The SMILES string of the molecule is NCCc1cc(=O)[nH]c(C2CSc3ccccc3O2)n1. The van der Waals surface area contributed by atoms with Crippen LogP contribution in [0.25, 0.3) is 0 Å². The van der Waals surface area contributed by atoms with Crippen LogP contribution >= 0.6 is 11.8 Å². The molecule has 6 heteroatoms. The van der Waals surface area contributed by atoms with Gasteiger partial charge in [0.15, 0.2) is 11.9 Å². The maximum absolute atomic E-state index is 11.7. The maximum atomic E-state index is 11.7. The third kappa shape index (κ3) is 2.71. The van der Waals surface area contributed by atoms with Gasteiger partial charge in [0, 0.05) is 28.8 Å². The van der Waals surface area contributed by atoms with Gasteiger partial charge in [0.1, 0.15) is 5.75 Å². The summed E-state index contributed by atoms with van der Waals surface area (Å²) >= 11 is 1.70. The standard InChI is InChI=1S/C14H15N3O2S/c15-6-5-9-7-13(18)17-14(16-9)11-8-20-12-4-2-1-3-10(12)19-11/h1-4,7,11H,5-6,8,15H2,(H,16,17,18). The fraction of sp³-hybridized carbons (Fsp3) is 0.286. The summed E-state index contributed by atoms with van der Waals surface area (Å²) in [5.41, 5.74) is 6.06. The third-order valence-electron chi connectivity index (χ3n) is 3.03. The number of aromatic amines is 1. The zero-order valence-electron chi connectivity index (χ0n) is 10.8. The molecule has 104 valence electrons. The smallest absolute Gasteiger partial charge is 0.251 e.